The van der Waals surface area contributed by atoms with E-state index in [1.165, 1.54) is 0 Å². The van der Waals surface area contributed by atoms with Gasteiger partial charge in [-0.15, -0.1) is 0 Å². The molecule has 1 unspecified atom stereocenters. The molecule has 4 nitrogen and oxygen atoms in total. The maximum Gasteiger partial charge on any atom is 0.0626 e. The van der Waals surface area contributed by atoms with Gasteiger partial charge in [-0.3, -0.25) is 16.0 Å². The van der Waals surface area contributed by atoms with Gasteiger partial charge >= 0.3 is 0 Å². The number of aromatic nitrogens is 2. The van der Waals surface area contributed by atoms with Crippen LogP contribution in [0.25, 0.3) is 0 Å². The minimum absolute atomic E-state index is 0.205. The molecule has 1 heterocycles. The molecular formula is C8H16N4. The first-order valence-corrected chi connectivity index (χ1v) is 4.15. The molecule has 0 aromatic carbocycles. The number of hydrogen-bond acceptors (Lipinski definition) is 3. The number of nitrogens with zero attached hydrogens (tertiary/aromatic N) is 2. The molecule has 0 aliphatic rings. The number of aryl methyl sites for hydroxylation is 2. The highest BCUT2D eigenvalue weighted by Gasteiger charge is 2.11. The Morgan fingerprint density at radius 1 is 1.75 bits per heavy atom. The van der Waals surface area contributed by atoms with E-state index in [1.807, 2.05) is 24.7 Å². The summed E-state index contributed by atoms with van der Waals surface area (Å²) in [5, 5.41) is 4.25. The second-order valence-electron chi connectivity index (χ2n) is 2.96. The van der Waals surface area contributed by atoms with Gasteiger partial charge in [0.2, 0.25) is 0 Å². The van der Waals surface area contributed by atoms with Gasteiger partial charge in [-0.2, -0.15) is 5.10 Å². The van der Waals surface area contributed by atoms with Crippen molar-refractivity contribution in [1.29, 1.82) is 0 Å². The number of rotatable bonds is 3. The monoisotopic (exact) mass is 168 g/mol. The molecule has 0 amide bonds. The predicted octanol–water partition coefficient (Wildman–Crippen LogP) is 0.643. The molecule has 0 saturated heterocycles. The molecule has 0 saturated carbocycles. The maximum absolute atomic E-state index is 5.40. The van der Waals surface area contributed by atoms with Crippen molar-refractivity contribution in [3.05, 3.63) is 17.5 Å². The highest BCUT2D eigenvalue weighted by molar-refractivity contribution is 5.12. The Kier molecular flexibility index (Phi) is 2.83. The van der Waals surface area contributed by atoms with Gasteiger partial charge in [0.1, 0.15) is 0 Å². The minimum atomic E-state index is 0.205. The standard InChI is InChI=1S/C8H16N4/c1-4-7(10-9)8-5-6(2)11-12(8)3/h5,7,10H,4,9H2,1-3H3. The zero-order valence-electron chi connectivity index (χ0n) is 7.83. The van der Waals surface area contributed by atoms with Crippen molar-refractivity contribution in [2.45, 2.75) is 26.3 Å². The summed E-state index contributed by atoms with van der Waals surface area (Å²) in [6, 6.07) is 2.25. The Labute approximate surface area is 72.7 Å². The smallest absolute Gasteiger partial charge is 0.0626 e. The average Bonchev–Trinajstić information content (AvgIpc) is 2.34. The molecular weight excluding hydrogens is 152 g/mol. The van der Waals surface area contributed by atoms with E-state index in [-0.39, 0.29) is 6.04 Å². The van der Waals surface area contributed by atoms with Crippen LogP contribution in [-0.4, -0.2) is 9.78 Å². The first-order chi connectivity index (χ1) is 5.69. The van der Waals surface area contributed by atoms with E-state index in [0.29, 0.717) is 0 Å². The second kappa shape index (κ2) is 3.69. The van der Waals surface area contributed by atoms with Gasteiger partial charge in [0.15, 0.2) is 0 Å². The lowest BCUT2D eigenvalue weighted by Crippen LogP contribution is -2.28. The third-order valence-corrected chi connectivity index (χ3v) is 2.00. The van der Waals surface area contributed by atoms with E-state index < -0.39 is 0 Å². The van der Waals surface area contributed by atoms with Crippen LogP contribution < -0.4 is 11.3 Å². The normalized spacial score (nSPS) is 13.3. The minimum Gasteiger partial charge on any atom is -0.271 e. The number of nitrogens with one attached hydrogen (secondary N) is 1. The van der Waals surface area contributed by atoms with E-state index in [2.05, 4.69) is 17.4 Å². The van der Waals surface area contributed by atoms with Gasteiger partial charge in [0.05, 0.1) is 17.4 Å². The first kappa shape index (κ1) is 9.22. The predicted molar refractivity (Wildman–Crippen MR) is 48.3 cm³/mol. The summed E-state index contributed by atoms with van der Waals surface area (Å²) in [6.07, 6.45) is 0.968. The zero-order valence-corrected chi connectivity index (χ0v) is 7.83. The summed E-state index contributed by atoms with van der Waals surface area (Å²) in [4.78, 5) is 0. The second-order valence-corrected chi connectivity index (χ2v) is 2.96. The Hall–Kier alpha value is -0.870. The third kappa shape index (κ3) is 1.65. The molecule has 12 heavy (non-hydrogen) atoms. The Morgan fingerprint density at radius 2 is 2.42 bits per heavy atom. The van der Waals surface area contributed by atoms with Crippen molar-refractivity contribution in [3.63, 3.8) is 0 Å². The van der Waals surface area contributed by atoms with Crippen LogP contribution in [0.2, 0.25) is 0 Å². The van der Waals surface area contributed by atoms with Crippen molar-refractivity contribution < 1.29 is 0 Å². The van der Waals surface area contributed by atoms with Crippen LogP contribution in [0.3, 0.4) is 0 Å². The lowest BCUT2D eigenvalue weighted by Gasteiger charge is -2.12. The van der Waals surface area contributed by atoms with Crippen molar-refractivity contribution in [2.75, 3.05) is 0 Å². The lowest BCUT2D eigenvalue weighted by molar-refractivity contribution is 0.498. The van der Waals surface area contributed by atoms with Crippen molar-refractivity contribution in [3.8, 4) is 0 Å². The van der Waals surface area contributed by atoms with E-state index in [9.17, 15) is 0 Å². The van der Waals surface area contributed by atoms with Crippen LogP contribution in [0, 0.1) is 6.92 Å². The highest BCUT2D eigenvalue weighted by atomic mass is 15.3. The Morgan fingerprint density at radius 3 is 2.75 bits per heavy atom. The fourth-order valence-corrected chi connectivity index (χ4v) is 1.37. The summed E-state index contributed by atoms with van der Waals surface area (Å²) in [7, 11) is 1.93. The third-order valence-electron chi connectivity index (χ3n) is 2.00. The van der Waals surface area contributed by atoms with Crippen LogP contribution >= 0.6 is 0 Å². The quantitative estimate of drug-likeness (QED) is 0.514. The highest BCUT2D eigenvalue weighted by Crippen LogP contribution is 2.15. The fourth-order valence-electron chi connectivity index (χ4n) is 1.37. The summed E-state index contributed by atoms with van der Waals surface area (Å²) in [5.41, 5.74) is 4.93. The largest absolute Gasteiger partial charge is 0.271 e. The van der Waals surface area contributed by atoms with Crippen LogP contribution in [0.15, 0.2) is 6.07 Å². The molecule has 1 rings (SSSR count). The summed E-state index contributed by atoms with van der Waals surface area (Å²) in [5.74, 6) is 5.40. The molecule has 1 aromatic rings. The lowest BCUT2D eigenvalue weighted by atomic mass is 10.1. The van der Waals surface area contributed by atoms with Gasteiger partial charge in [0.25, 0.3) is 0 Å². The SMILES string of the molecule is CCC(NN)c1cc(C)nn1C. The summed E-state index contributed by atoms with van der Waals surface area (Å²) >= 11 is 0. The molecule has 0 radical (unpaired) electrons. The molecule has 4 heteroatoms. The summed E-state index contributed by atoms with van der Waals surface area (Å²) in [6.45, 7) is 4.07. The van der Waals surface area contributed by atoms with E-state index in [4.69, 9.17) is 5.84 Å². The van der Waals surface area contributed by atoms with Crippen LogP contribution in [0.4, 0.5) is 0 Å². The van der Waals surface area contributed by atoms with Gasteiger partial charge in [0, 0.05) is 7.05 Å². The van der Waals surface area contributed by atoms with Crippen molar-refractivity contribution in [2.24, 2.45) is 12.9 Å². The topological polar surface area (TPSA) is 55.9 Å². The summed E-state index contributed by atoms with van der Waals surface area (Å²) < 4.78 is 1.86. The maximum atomic E-state index is 5.40. The molecule has 3 N–H and O–H groups in total. The van der Waals surface area contributed by atoms with Gasteiger partial charge in [-0.05, 0) is 19.4 Å². The molecule has 0 aliphatic heterocycles. The van der Waals surface area contributed by atoms with Crippen molar-refractivity contribution in [1.82, 2.24) is 15.2 Å². The number of hydrogen-bond donors (Lipinski definition) is 2. The number of hydrazine groups is 1. The molecule has 0 aliphatic carbocycles. The van der Waals surface area contributed by atoms with Gasteiger partial charge in [-0.25, -0.2) is 0 Å². The Balaban J connectivity index is 2.91. The average molecular weight is 168 g/mol. The Bertz CT molecular complexity index is 250. The molecule has 0 spiro atoms. The molecule has 0 bridgehead atoms. The first-order valence-electron chi connectivity index (χ1n) is 4.15. The van der Waals surface area contributed by atoms with Gasteiger partial charge in [-0.1, -0.05) is 6.92 Å². The van der Waals surface area contributed by atoms with E-state index >= 15 is 0 Å². The fraction of sp³-hybridized carbons (Fsp3) is 0.625. The van der Waals surface area contributed by atoms with Crippen LogP contribution in [0.5, 0.6) is 0 Å². The van der Waals surface area contributed by atoms with Crippen molar-refractivity contribution >= 4 is 0 Å². The number of nitrogens with two attached hydrogens (primary N) is 1. The zero-order chi connectivity index (χ0) is 9.14. The van der Waals surface area contributed by atoms with E-state index in [1.54, 1.807) is 0 Å². The molecule has 1 aromatic heterocycles. The van der Waals surface area contributed by atoms with Crippen LogP contribution in [0.1, 0.15) is 30.8 Å². The molecule has 1 atom stereocenters. The van der Waals surface area contributed by atoms with Gasteiger partial charge < -0.3 is 0 Å². The molecule has 0 fully saturated rings. The van der Waals surface area contributed by atoms with E-state index in [0.717, 1.165) is 17.8 Å². The van der Waals surface area contributed by atoms with Crippen LogP contribution in [-0.2, 0) is 7.05 Å². The molecule has 68 valence electrons.